The zero-order valence-electron chi connectivity index (χ0n) is 11.0. The minimum Gasteiger partial charge on any atom is -0.380 e. The van der Waals surface area contributed by atoms with Gasteiger partial charge in [0.1, 0.15) is 5.82 Å². The van der Waals surface area contributed by atoms with Gasteiger partial charge < -0.3 is 5.32 Å². The standard InChI is InChI=1S/C15H22FN/c1-10-7-8-13(16)15(9-10)17-14-6-4-5-11(2)12(14)3/h7-9,11-12,14,17H,4-6H2,1-3H3. The minimum absolute atomic E-state index is 0.138. The van der Waals surface area contributed by atoms with E-state index in [4.69, 9.17) is 0 Å². The van der Waals surface area contributed by atoms with Gasteiger partial charge in [-0.1, -0.05) is 32.8 Å². The molecule has 1 fully saturated rings. The van der Waals surface area contributed by atoms with E-state index in [1.807, 2.05) is 19.1 Å². The van der Waals surface area contributed by atoms with Gasteiger partial charge in [-0.3, -0.25) is 0 Å². The van der Waals surface area contributed by atoms with Crippen molar-refractivity contribution in [1.29, 1.82) is 0 Å². The normalized spacial score (nSPS) is 29.1. The zero-order chi connectivity index (χ0) is 12.4. The Morgan fingerprint density at radius 1 is 1.24 bits per heavy atom. The maximum absolute atomic E-state index is 13.7. The largest absolute Gasteiger partial charge is 0.380 e. The molecule has 3 atom stereocenters. The van der Waals surface area contributed by atoms with E-state index in [2.05, 4.69) is 19.2 Å². The van der Waals surface area contributed by atoms with E-state index < -0.39 is 0 Å². The first-order valence-corrected chi connectivity index (χ1v) is 6.60. The molecule has 1 aromatic rings. The fourth-order valence-corrected chi connectivity index (χ4v) is 2.74. The number of rotatable bonds is 2. The molecule has 1 aromatic carbocycles. The summed E-state index contributed by atoms with van der Waals surface area (Å²) in [6.07, 6.45) is 3.70. The van der Waals surface area contributed by atoms with E-state index in [0.29, 0.717) is 17.6 Å². The van der Waals surface area contributed by atoms with Crippen LogP contribution in [0.5, 0.6) is 0 Å². The third-order valence-corrected chi connectivity index (χ3v) is 4.17. The number of anilines is 1. The van der Waals surface area contributed by atoms with Gasteiger partial charge in [-0.2, -0.15) is 0 Å². The first kappa shape index (κ1) is 12.4. The molecule has 0 aromatic heterocycles. The summed E-state index contributed by atoms with van der Waals surface area (Å²) in [5.41, 5.74) is 1.77. The first-order valence-electron chi connectivity index (χ1n) is 6.60. The van der Waals surface area contributed by atoms with Gasteiger partial charge >= 0.3 is 0 Å². The number of aryl methyl sites for hydroxylation is 1. The maximum atomic E-state index is 13.7. The van der Waals surface area contributed by atoms with Crippen molar-refractivity contribution in [3.05, 3.63) is 29.6 Å². The first-order chi connectivity index (χ1) is 8.08. The van der Waals surface area contributed by atoms with E-state index >= 15 is 0 Å². The molecule has 0 aliphatic heterocycles. The average molecular weight is 235 g/mol. The Hall–Kier alpha value is -1.05. The second-order valence-corrected chi connectivity index (χ2v) is 5.50. The van der Waals surface area contributed by atoms with E-state index in [1.54, 1.807) is 6.07 Å². The quantitative estimate of drug-likeness (QED) is 0.802. The third-order valence-electron chi connectivity index (χ3n) is 4.17. The van der Waals surface area contributed by atoms with Gasteiger partial charge in [-0.15, -0.1) is 0 Å². The van der Waals surface area contributed by atoms with Crippen molar-refractivity contribution in [2.24, 2.45) is 11.8 Å². The van der Waals surface area contributed by atoms with Gasteiger partial charge in [-0.25, -0.2) is 4.39 Å². The molecular weight excluding hydrogens is 213 g/mol. The van der Waals surface area contributed by atoms with E-state index in [9.17, 15) is 4.39 Å². The molecule has 1 saturated carbocycles. The number of hydrogen-bond donors (Lipinski definition) is 1. The molecule has 0 bridgehead atoms. The number of nitrogens with one attached hydrogen (secondary N) is 1. The second kappa shape index (κ2) is 5.07. The second-order valence-electron chi connectivity index (χ2n) is 5.50. The van der Waals surface area contributed by atoms with Crippen LogP contribution in [0, 0.1) is 24.6 Å². The van der Waals surface area contributed by atoms with E-state index in [-0.39, 0.29) is 5.82 Å². The van der Waals surface area contributed by atoms with E-state index in [0.717, 1.165) is 17.9 Å². The molecule has 3 unspecified atom stereocenters. The lowest BCUT2D eigenvalue weighted by atomic mass is 9.78. The van der Waals surface area contributed by atoms with Crippen molar-refractivity contribution < 1.29 is 4.39 Å². The highest BCUT2D eigenvalue weighted by Gasteiger charge is 2.27. The molecule has 1 aliphatic carbocycles. The molecule has 1 nitrogen and oxygen atoms in total. The Bertz CT molecular complexity index is 389. The third kappa shape index (κ3) is 2.80. The Kier molecular flexibility index (Phi) is 3.70. The summed E-state index contributed by atoms with van der Waals surface area (Å²) in [6.45, 7) is 6.57. The Labute approximate surface area is 103 Å². The van der Waals surface area contributed by atoms with Gasteiger partial charge in [0.25, 0.3) is 0 Å². The topological polar surface area (TPSA) is 12.0 Å². The highest BCUT2D eigenvalue weighted by Crippen LogP contribution is 2.32. The Balaban J connectivity index is 2.11. The smallest absolute Gasteiger partial charge is 0.146 e. The zero-order valence-corrected chi connectivity index (χ0v) is 11.0. The van der Waals surface area contributed by atoms with Gasteiger partial charge in [0.15, 0.2) is 0 Å². The van der Waals surface area contributed by atoms with Gasteiger partial charge in [0.05, 0.1) is 5.69 Å². The highest BCUT2D eigenvalue weighted by atomic mass is 19.1. The van der Waals surface area contributed by atoms with Crippen molar-refractivity contribution in [1.82, 2.24) is 0 Å². The summed E-state index contributed by atoms with van der Waals surface area (Å²) in [4.78, 5) is 0. The molecule has 2 heteroatoms. The fourth-order valence-electron chi connectivity index (χ4n) is 2.74. The lowest BCUT2D eigenvalue weighted by Crippen LogP contribution is -2.35. The van der Waals surface area contributed by atoms with Gasteiger partial charge in [0.2, 0.25) is 0 Å². The van der Waals surface area contributed by atoms with Gasteiger partial charge in [0, 0.05) is 6.04 Å². The predicted molar refractivity (Wildman–Crippen MR) is 70.7 cm³/mol. The summed E-state index contributed by atoms with van der Waals surface area (Å²) in [5.74, 6) is 1.21. The molecule has 17 heavy (non-hydrogen) atoms. The van der Waals surface area contributed by atoms with Crippen LogP contribution in [0.2, 0.25) is 0 Å². The van der Waals surface area contributed by atoms with Crippen molar-refractivity contribution in [2.45, 2.75) is 46.1 Å². The van der Waals surface area contributed by atoms with Crippen LogP contribution in [0.1, 0.15) is 38.7 Å². The summed E-state index contributed by atoms with van der Waals surface area (Å²) in [7, 11) is 0. The molecule has 1 aliphatic rings. The molecule has 0 radical (unpaired) electrons. The summed E-state index contributed by atoms with van der Waals surface area (Å²) >= 11 is 0. The molecular formula is C15H22FN. The Morgan fingerprint density at radius 2 is 2.00 bits per heavy atom. The number of hydrogen-bond acceptors (Lipinski definition) is 1. The van der Waals surface area contributed by atoms with Crippen molar-refractivity contribution in [3.63, 3.8) is 0 Å². The summed E-state index contributed by atoms with van der Waals surface area (Å²) < 4.78 is 13.7. The maximum Gasteiger partial charge on any atom is 0.146 e. The highest BCUT2D eigenvalue weighted by molar-refractivity contribution is 5.48. The van der Waals surface area contributed by atoms with Gasteiger partial charge in [-0.05, 0) is 42.9 Å². The lowest BCUT2D eigenvalue weighted by molar-refractivity contribution is 0.253. The minimum atomic E-state index is -0.138. The summed E-state index contributed by atoms with van der Waals surface area (Å²) in [6, 6.07) is 5.68. The number of benzene rings is 1. The van der Waals surface area contributed by atoms with Crippen LogP contribution in [0.4, 0.5) is 10.1 Å². The fraction of sp³-hybridized carbons (Fsp3) is 0.600. The van der Waals surface area contributed by atoms with Crippen LogP contribution < -0.4 is 5.32 Å². The van der Waals surface area contributed by atoms with Crippen molar-refractivity contribution >= 4 is 5.69 Å². The number of halogens is 1. The average Bonchev–Trinajstić information content (AvgIpc) is 2.30. The SMILES string of the molecule is Cc1ccc(F)c(NC2CCCC(C)C2C)c1. The van der Waals surface area contributed by atoms with Crippen LogP contribution in [0.3, 0.4) is 0 Å². The summed E-state index contributed by atoms with van der Waals surface area (Å²) in [5, 5.41) is 3.40. The molecule has 0 saturated heterocycles. The Morgan fingerprint density at radius 3 is 2.76 bits per heavy atom. The van der Waals surface area contributed by atoms with Crippen LogP contribution in [-0.4, -0.2) is 6.04 Å². The van der Waals surface area contributed by atoms with E-state index in [1.165, 1.54) is 12.8 Å². The molecule has 0 amide bonds. The van der Waals surface area contributed by atoms with Crippen LogP contribution in [-0.2, 0) is 0 Å². The molecule has 2 rings (SSSR count). The monoisotopic (exact) mass is 235 g/mol. The lowest BCUT2D eigenvalue weighted by Gasteiger charge is -2.35. The molecule has 1 N–H and O–H groups in total. The molecule has 0 spiro atoms. The van der Waals surface area contributed by atoms with Crippen LogP contribution in [0.25, 0.3) is 0 Å². The van der Waals surface area contributed by atoms with Crippen LogP contribution in [0.15, 0.2) is 18.2 Å². The molecule has 0 heterocycles. The van der Waals surface area contributed by atoms with Crippen LogP contribution >= 0.6 is 0 Å². The predicted octanol–water partition coefficient (Wildman–Crippen LogP) is 4.37. The van der Waals surface area contributed by atoms with Crippen molar-refractivity contribution in [3.8, 4) is 0 Å². The van der Waals surface area contributed by atoms with Crippen molar-refractivity contribution in [2.75, 3.05) is 5.32 Å². The molecule has 94 valence electrons.